The SMILES string of the molecule is COc1ccc2c(c1)C(=O)C(CC(C)=O)C2. The molecule has 2 rings (SSSR count). The highest BCUT2D eigenvalue weighted by Crippen LogP contribution is 2.31. The monoisotopic (exact) mass is 218 g/mol. The molecule has 1 aromatic rings. The molecule has 0 N–H and O–H groups in total. The van der Waals surface area contributed by atoms with Gasteiger partial charge in [-0.25, -0.2) is 0 Å². The minimum Gasteiger partial charge on any atom is -0.497 e. The highest BCUT2D eigenvalue weighted by atomic mass is 16.5. The normalized spacial score (nSPS) is 18.4. The van der Waals surface area contributed by atoms with Gasteiger partial charge >= 0.3 is 0 Å². The number of rotatable bonds is 3. The van der Waals surface area contributed by atoms with Crippen molar-refractivity contribution in [1.29, 1.82) is 0 Å². The van der Waals surface area contributed by atoms with E-state index >= 15 is 0 Å². The summed E-state index contributed by atoms with van der Waals surface area (Å²) in [5.74, 6) is 0.664. The van der Waals surface area contributed by atoms with Crippen molar-refractivity contribution in [3.63, 3.8) is 0 Å². The van der Waals surface area contributed by atoms with Crippen molar-refractivity contribution in [3.05, 3.63) is 29.3 Å². The van der Waals surface area contributed by atoms with Gasteiger partial charge in [0.05, 0.1) is 7.11 Å². The lowest BCUT2D eigenvalue weighted by atomic mass is 9.99. The largest absolute Gasteiger partial charge is 0.497 e. The first-order chi connectivity index (χ1) is 7.61. The molecule has 3 nitrogen and oxygen atoms in total. The Morgan fingerprint density at radius 3 is 2.88 bits per heavy atom. The fourth-order valence-corrected chi connectivity index (χ4v) is 2.18. The molecule has 0 fully saturated rings. The van der Waals surface area contributed by atoms with Crippen LogP contribution < -0.4 is 4.74 Å². The van der Waals surface area contributed by atoms with E-state index in [1.807, 2.05) is 12.1 Å². The first kappa shape index (κ1) is 10.9. The van der Waals surface area contributed by atoms with Gasteiger partial charge in [0.1, 0.15) is 11.5 Å². The van der Waals surface area contributed by atoms with Crippen molar-refractivity contribution >= 4 is 11.6 Å². The van der Waals surface area contributed by atoms with E-state index in [1.165, 1.54) is 6.92 Å². The number of methoxy groups -OCH3 is 1. The van der Waals surface area contributed by atoms with Crippen LogP contribution in [0.15, 0.2) is 18.2 Å². The number of benzene rings is 1. The van der Waals surface area contributed by atoms with E-state index in [2.05, 4.69) is 0 Å². The molecule has 1 aromatic carbocycles. The summed E-state index contributed by atoms with van der Waals surface area (Å²) in [4.78, 5) is 23.0. The maximum Gasteiger partial charge on any atom is 0.167 e. The Bertz CT molecular complexity index is 448. The molecule has 0 spiro atoms. The Hall–Kier alpha value is -1.64. The van der Waals surface area contributed by atoms with E-state index in [1.54, 1.807) is 13.2 Å². The van der Waals surface area contributed by atoms with E-state index < -0.39 is 0 Å². The summed E-state index contributed by atoms with van der Waals surface area (Å²) in [5, 5.41) is 0. The van der Waals surface area contributed by atoms with Crippen LogP contribution in [0.2, 0.25) is 0 Å². The summed E-state index contributed by atoms with van der Waals surface area (Å²) >= 11 is 0. The molecule has 0 radical (unpaired) electrons. The van der Waals surface area contributed by atoms with Gasteiger partial charge in [-0.1, -0.05) is 6.07 Å². The molecule has 0 amide bonds. The molecule has 0 saturated carbocycles. The third-order valence-corrected chi connectivity index (χ3v) is 2.95. The summed E-state index contributed by atoms with van der Waals surface area (Å²) in [7, 11) is 1.58. The zero-order valence-corrected chi connectivity index (χ0v) is 9.45. The van der Waals surface area contributed by atoms with Crippen LogP contribution in [-0.4, -0.2) is 18.7 Å². The van der Waals surface area contributed by atoms with Crippen molar-refractivity contribution < 1.29 is 14.3 Å². The van der Waals surface area contributed by atoms with Crippen LogP contribution in [0.25, 0.3) is 0 Å². The van der Waals surface area contributed by atoms with Crippen LogP contribution in [0.5, 0.6) is 5.75 Å². The summed E-state index contributed by atoms with van der Waals surface area (Å²) < 4.78 is 5.08. The third-order valence-electron chi connectivity index (χ3n) is 2.95. The van der Waals surface area contributed by atoms with Crippen molar-refractivity contribution in [2.45, 2.75) is 19.8 Å². The summed E-state index contributed by atoms with van der Waals surface area (Å²) in [6.45, 7) is 1.52. The molecule has 1 unspecified atom stereocenters. The number of Topliss-reactive ketones (excluding diaryl/α,β-unsaturated/α-hetero) is 2. The van der Waals surface area contributed by atoms with Gasteiger partial charge in [-0.2, -0.15) is 0 Å². The van der Waals surface area contributed by atoms with Gasteiger partial charge in [0.25, 0.3) is 0 Å². The fraction of sp³-hybridized carbons (Fsp3) is 0.385. The topological polar surface area (TPSA) is 43.4 Å². The van der Waals surface area contributed by atoms with Crippen LogP contribution in [0.3, 0.4) is 0 Å². The van der Waals surface area contributed by atoms with E-state index in [4.69, 9.17) is 4.74 Å². The second-order valence-corrected chi connectivity index (χ2v) is 4.19. The van der Waals surface area contributed by atoms with Crippen LogP contribution in [0.1, 0.15) is 29.3 Å². The molecule has 0 bridgehead atoms. The van der Waals surface area contributed by atoms with Gasteiger partial charge in [-0.05, 0) is 31.0 Å². The Morgan fingerprint density at radius 2 is 2.25 bits per heavy atom. The van der Waals surface area contributed by atoms with Crippen LogP contribution in [0.4, 0.5) is 0 Å². The van der Waals surface area contributed by atoms with E-state index in [0.717, 1.165) is 5.56 Å². The Labute approximate surface area is 94.4 Å². The Kier molecular flexibility index (Phi) is 2.77. The van der Waals surface area contributed by atoms with Gasteiger partial charge < -0.3 is 9.53 Å². The molecule has 16 heavy (non-hydrogen) atoms. The molecule has 84 valence electrons. The number of fused-ring (bicyclic) bond motifs is 1. The minimum absolute atomic E-state index is 0.0677. The molecular weight excluding hydrogens is 204 g/mol. The average Bonchev–Trinajstić information content (AvgIpc) is 2.55. The van der Waals surface area contributed by atoms with Gasteiger partial charge in [0.2, 0.25) is 0 Å². The summed E-state index contributed by atoms with van der Waals surface area (Å²) in [6.07, 6.45) is 1.02. The molecule has 1 aliphatic carbocycles. The first-order valence-corrected chi connectivity index (χ1v) is 5.32. The van der Waals surface area contributed by atoms with Crippen molar-refractivity contribution in [2.24, 2.45) is 5.92 Å². The summed E-state index contributed by atoms with van der Waals surface area (Å²) in [5.41, 5.74) is 1.74. The number of carbonyl (C=O) groups excluding carboxylic acids is 2. The maximum absolute atomic E-state index is 12.0. The maximum atomic E-state index is 12.0. The lowest BCUT2D eigenvalue weighted by molar-refractivity contribution is -0.117. The van der Waals surface area contributed by atoms with Gasteiger partial charge in [-0.3, -0.25) is 4.79 Å². The molecular formula is C13H14O3. The highest BCUT2D eigenvalue weighted by molar-refractivity contribution is 6.04. The van der Waals surface area contributed by atoms with Crippen molar-refractivity contribution in [2.75, 3.05) is 7.11 Å². The lowest BCUT2D eigenvalue weighted by Gasteiger charge is -2.03. The fourth-order valence-electron chi connectivity index (χ4n) is 2.18. The second kappa shape index (κ2) is 4.08. The van der Waals surface area contributed by atoms with E-state index in [0.29, 0.717) is 24.2 Å². The number of carbonyl (C=O) groups is 2. The quantitative estimate of drug-likeness (QED) is 0.779. The summed E-state index contributed by atoms with van der Waals surface area (Å²) in [6, 6.07) is 5.52. The number of ketones is 2. The number of ether oxygens (including phenoxy) is 1. The van der Waals surface area contributed by atoms with Crippen molar-refractivity contribution in [3.8, 4) is 5.75 Å². The zero-order valence-electron chi connectivity index (χ0n) is 9.45. The van der Waals surface area contributed by atoms with Crippen molar-refractivity contribution in [1.82, 2.24) is 0 Å². The molecule has 0 heterocycles. The second-order valence-electron chi connectivity index (χ2n) is 4.19. The van der Waals surface area contributed by atoms with Crippen LogP contribution in [-0.2, 0) is 11.2 Å². The highest BCUT2D eigenvalue weighted by Gasteiger charge is 2.31. The number of hydrogen-bond donors (Lipinski definition) is 0. The van der Waals surface area contributed by atoms with Gasteiger partial charge in [0, 0.05) is 17.9 Å². The predicted octanol–water partition coefficient (Wildman–Crippen LogP) is 2.03. The molecule has 1 atom stereocenters. The Balaban J connectivity index is 2.28. The zero-order chi connectivity index (χ0) is 11.7. The van der Waals surface area contributed by atoms with Gasteiger partial charge in [0.15, 0.2) is 5.78 Å². The molecule has 0 aliphatic heterocycles. The predicted molar refractivity (Wildman–Crippen MR) is 59.8 cm³/mol. The minimum atomic E-state index is -0.167. The molecule has 0 saturated heterocycles. The smallest absolute Gasteiger partial charge is 0.167 e. The van der Waals surface area contributed by atoms with E-state index in [-0.39, 0.29) is 17.5 Å². The molecule has 1 aliphatic rings. The standard InChI is InChI=1S/C13H14O3/c1-8(14)5-10-6-9-3-4-11(16-2)7-12(9)13(10)15/h3-4,7,10H,5-6H2,1-2H3. The van der Waals surface area contributed by atoms with Crippen LogP contribution in [0, 0.1) is 5.92 Å². The Morgan fingerprint density at radius 1 is 1.50 bits per heavy atom. The van der Waals surface area contributed by atoms with Gasteiger partial charge in [-0.15, -0.1) is 0 Å². The average molecular weight is 218 g/mol. The lowest BCUT2D eigenvalue weighted by Crippen LogP contribution is -2.12. The molecule has 3 heteroatoms. The van der Waals surface area contributed by atoms with E-state index in [9.17, 15) is 9.59 Å². The first-order valence-electron chi connectivity index (χ1n) is 5.32. The number of hydrogen-bond acceptors (Lipinski definition) is 3. The third kappa shape index (κ3) is 1.85. The molecule has 0 aromatic heterocycles. The van der Waals surface area contributed by atoms with Crippen LogP contribution >= 0.6 is 0 Å².